The van der Waals surface area contributed by atoms with Crippen molar-refractivity contribution in [3.05, 3.63) is 24.3 Å². The van der Waals surface area contributed by atoms with Gasteiger partial charge in [0.15, 0.2) is 0 Å². The fourth-order valence-electron chi connectivity index (χ4n) is 1.43. The van der Waals surface area contributed by atoms with Gasteiger partial charge in [-0.1, -0.05) is 31.2 Å². The van der Waals surface area contributed by atoms with E-state index in [4.69, 9.17) is 0 Å². The van der Waals surface area contributed by atoms with Crippen molar-refractivity contribution in [2.45, 2.75) is 13.3 Å². The summed E-state index contributed by atoms with van der Waals surface area (Å²) in [6.45, 7) is 2.21. The molecular weight excluding hydrogens is 168 g/mol. The topological polar surface area (TPSA) is 17.1 Å². The Balaban J connectivity index is 2.37. The van der Waals surface area contributed by atoms with E-state index in [0.717, 1.165) is 12.2 Å². The zero-order valence-corrected chi connectivity index (χ0v) is 8.51. The summed E-state index contributed by atoms with van der Waals surface area (Å²) < 4.78 is 10.9. The molecule has 0 N–H and O–H groups in total. The molecule has 1 aliphatic carbocycles. The van der Waals surface area contributed by atoms with Gasteiger partial charge in [0.2, 0.25) is 0 Å². The van der Waals surface area contributed by atoms with Crippen molar-refractivity contribution in [1.82, 2.24) is 0 Å². The van der Waals surface area contributed by atoms with Crippen molar-refractivity contribution in [3.8, 4) is 0 Å². The first-order valence-electron chi connectivity index (χ1n) is 4.35. The SMILES string of the molecule is CC1C=CC=CC1CCS(C)=O. The summed E-state index contributed by atoms with van der Waals surface area (Å²) in [6.07, 6.45) is 11.4. The Kier molecular flexibility index (Phi) is 3.73. The summed E-state index contributed by atoms with van der Waals surface area (Å²) in [5.74, 6) is 2.03. The first kappa shape index (κ1) is 9.72. The van der Waals surface area contributed by atoms with E-state index < -0.39 is 10.8 Å². The lowest BCUT2D eigenvalue weighted by atomic mass is 9.88. The molecule has 0 amide bonds. The second-order valence-corrected chi connectivity index (χ2v) is 4.91. The number of hydrogen-bond acceptors (Lipinski definition) is 1. The highest BCUT2D eigenvalue weighted by Crippen LogP contribution is 2.22. The van der Waals surface area contributed by atoms with Crippen molar-refractivity contribution in [2.24, 2.45) is 11.8 Å². The predicted octanol–water partition coefficient (Wildman–Crippen LogP) is 2.13. The van der Waals surface area contributed by atoms with Crippen LogP contribution in [0, 0.1) is 11.8 Å². The molecule has 0 spiro atoms. The third-order valence-electron chi connectivity index (χ3n) is 2.30. The summed E-state index contributed by atoms with van der Waals surface area (Å²) in [6, 6.07) is 0. The van der Waals surface area contributed by atoms with Gasteiger partial charge in [-0.05, 0) is 18.3 Å². The van der Waals surface area contributed by atoms with Crippen LogP contribution < -0.4 is 0 Å². The first-order chi connectivity index (χ1) is 5.70. The van der Waals surface area contributed by atoms with Gasteiger partial charge >= 0.3 is 0 Å². The lowest BCUT2D eigenvalue weighted by molar-refractivity contribution is 0.493. The molecule has 0 fully saturated rings. The molecule has 1 rings (SSSR count). The maximum atomic E-state index is 10.9. The third kappa shape index (κ3) is 2.94. The molecule has 0 saturated carbocycles. The fraction of sp³-hybridized carbons (Fsp3) is 0.600. The standard InChI is InChI=1S/C10H16OS/c1-9-5-3-4-6-10(9)7-8-12(2)11/h3-6,9-10H,7-8H2,1-2H3. The van der Waals surface area contributed by atoms with Crippen molar-refractivity contribution < 1.29 is 4.21 Å². The van der Waals surface area contributed by atoms with Crippen molar-refractivity contribution in [1.29, 1.82) is 0 Å². The number of hydrogen-bond donors (Lipinski definition) is 0. The molecule has 0 aromatic heterocycles. The summed E-state index contributed by atoms with van der Waals surface area (Å²) in [5, 5.41) is 0. The van der Waals surface area contributed by atoms with Gasteiger partial charge in [0.1, 0.15) is 0 Å². The molecule has 68 valence electrons. The normalized spacial score (nSPS) is 30.5. The highest BCUT2D eigenvalue weighted by atomic mass is 32.2. The van der Waals surface area contributed by atoms with Gasteiger partial charge in [0.05, 0.1) is 0 Å². The van der Waals surface area contributed by atoms with Crippen LogP contribution in [-0.4, -0.2) is 16.2 Å². The zero-order valence-electron chi connectivity index (χ0n) is 7.69. The molecule has 3 unspecified atom stereocenters. The van der Waals surface area contributed by atoms with Gasteiger partial charge in [-0.2, -0.15) is 0 Å². The minimum absolute atomic E-state index is 0.596. The van der Waals surface area contributed by atoms with Crippen LogP contribution in [-0.2, 0) is 10.8 Å². The summed E-state index contributed by atoms with van der Waals surface area (Å²) in [4.78, 5) is 0. The average Bonchev–Trinajstić information content (AvgIpc) is 2.03. The summed E-state index contributed by atoms with van der Waals surface area (Å²) in [7, 11) is -0.640. The van der Waals surface area contributed by atoms with Crippen molar-refractivity contribution in [3.63, 3.8) is 0 Å². The van der Waals surface area contributed by atoms with E-state index in [1.807, 2.05) is 0 Å². The molecule has 1 nitrogen and oxygen atoms in total. The number of rotatable bonds is 3. The predicted molar refractivity (Wildman–Crippen MR) is 54.5 cm³/mol. The smallest absolute Gasteiger partial charge is 0.0237 e. The Morgan fingerprint density at radius 1 is 1.33 bits per heavy atom. The quantitative estimate of drug-likeness (QED) is 0.656. The molecule has 0 aromatic carbocycles. The van der Waals surface area contributed by atoms with Gasteiger partial charge in [0.25, 0.3) is 0 Å². The Labute approximate surface area is 77.0 Å². The van der Waals surface area contributed by atoms with Crippen LogP contribution in [0.4, 0.5) is 0 Å². The third-order valence-corrected chi connectivity index (χ3v) is 3.11. The Bertz CT molecular complexity index is 218. The monoisotopic (exact) mass is 184 g/mol. The van der Waals surface area contributed by atoms with E-state index in [9.17, 15) is 4.21 Å². The molecule has 1 aliphatic rings. The summed E-state index contributed by atoms with van der Waals surface area (Å²) >= 11 is 0. The second-order valence-electron chi connectivity index (χ2n) is 3.36. The van der Waals surface area contributed by atoms with Crippen LogP contribution in [0.5, 0.6) is 0 Å². The molecule has 0 aromatic rings. The highest BCUT2D eigenvalue weighted by Gasteiger charge is 2.13. The van der Waals surface area contributed by atoms with Crippen LogP contribution in [0.1, 0.15) is 13.3 Å². The minimum atomic E-state index is -0.640. The maximum absolute atomic E-state index is 10.9. The molecule has 0 heterocycles. The van der Waals surface area contributed by atoms with Gasteiger partial charge in [0, 0.05) is 22.8 Å². The van der Waals surface area contributed by atoms with E-state index in [0.29, 0.717) is 11.8 Å². The van der Waals surface area contributed by atoms with Crippen molar-refractivity contribution >= 4 is 10.8 Å². The molecule has 0 bridgehead atoms. The van der Waals surface area contributed by atoms with E-state index in [2.05, 4.69) is 31.2 Å². The highest BCUT2D eigenvalue weighted by molar-refractivity contribution is 7.84. The second kappa shape index (κ2) is 4.61. The van der Waals surface area contributed by atoms with Crippen molar-refractivity contribution in [2.75, 3.05) is 12.0 Å². The van der Waals surface area contributed by atoms with Gasteiger partial charge in [-0.15, -0.1) is 0 Å². The molecule has 3 atom stereocenters. The molecule has 12 heavy (non-hydrogen) atoms. The molecule has 0 aliphatic heterocycles. The molecule has 0 saturated heterocycles. The average molecular weight is 184 g/mol. The molecule has 0 radical (unpaired) electrons. The number of allylic oxidation sites excluding steroid dienone is 4. The maximum Gasteiger partial charge on any atom is 0.0237 e. The van der Waals surface area contributed by atoms with E-state index in [1.165, 1.54) is 0 Å². The summed E-state index contributed by atoms with van der Waals surface area (Å²) in [5.41, 5.74) is 0. The molecule has 2 heteroatoms. The minimum Gasteiger partial charge on any atom is -0.260 e. The van der Waals surface area contributed by atoms with E-state index >= 15 is 0 Å². The van der Waals surface area contributed by atoms with Gasteiger partial charge in [-0.25, -0.2) is 0 Å². The largest absolute Gasteiger partial charge is 0.260 e. The Hall–Kier alpha value is -0.370. The lowest BCUT2D eigenvalue weighted by Gasteiger charge is -2.19. The lowest BCUT2D eigenvalue weighted by Crippen LogP contribution is -2.12. The van der Waals surface area contributed by atoms with Crippen LogP contribution in [0.2, 0.25) is 0 Å². The van der Waals surface area contributed by atoms with E-state index in [1.54, 1.807) is 6.26 Å². The van der Waals surface area contributed by atoms with Crippen LogP contribution in [0.25, 0.3) is 0 Å². The molecular formula is C10H16OS. The van der Waals surface area contributed by atoms with Gasteiger partial charge < -0.3 is 0 Å². The van der Waals surface area contributed by atoms with E-state index in [-0.39, 0.29) is 0 Å². The van der Waals surface area contributed by atoms with Crippen LogP contribution in [0.15, 0.2) is 24.3 Å². The first-order valence-corrected chi connectivity index (χ1v) is 6.08. The van der Waals surface area contributed by atoms with Crippen LogP contribution >= 0.6 is 0 Å². The fourth-order valence-corrected chi connectivity index (χ4v) is 2.03. The van der Waals surface area contributed by atoms with Gasteiger partial charge in [-0.3, -0.25) is 4.21 Å². The van der Waals surface area contributed by atoms with Crippen LogP contribution in [0.3, 0.4) is 0 Å². The Morgan fingerprint density at radius 3 is 2.58 bits per heavy atom. The zero-order chi connectivity index (χ0) is 8.97. The Morgan fingerprint density at radius 2 is 2.00 bits per heavy atom.